The molecule has 8 N–H and O–H groups in total. The fourth-order valence-electron chi connectivity index (χ4n) is 2.19. The highest BCUT2D eigenvalue weighted by molar-refractivity contribution is 7.86. The van der Waals surface area contributed by atoms with Crippen molar-refractivity contribution in [3.63, 3.8) is 0 Å². The fraction of sp³-hybridized carbons (Fsp3) is 0.143. The van der Waals surface area contributed by atoms with E-state index in [2.05, 4.69) is 10.6 Å². The molecule has 0 amide bonds. The molecule has 0 aromatic heterocycles. The van der Waals surface area contributed by atoms with Gasteiger partial charge in [0.25, 0.3) is 20.2 Å². The lowest BCUT2D eigenvalue weighted by Gasteiger charge is -2.13. The molecule has 0 spiro atoms. The molecule has 26 heavy (non-hydrogen) atoms. The molecule has 0 heterocycles. The van der Waals surface area contributed by atoms with Gasteiger partial charge in [0.15, 0.2) is 0 Å². The average Bonchev–Trinajstić information content (AvgIpc) is 2.52. The van der Waals surface area contributed by atoms with Crippen molar-refractivity contribution in [3.8, 4) is 0 Å². The summed E-state index contributed by atoms with van der Waals surface area (Å²) in [6, 6.07) is 7.93. The Morgan fingerprint density at radius 1 is 0.731 bits per heavy atom. The minimum Gasteiger partial charge on any atom is -0.399 e. The Morgan fingerprint density at radius 3 is 1.38 bits per heavy atom. The second-order valence-electron chi connectivity index (χ2n) is 5.31. The van der Waals surface area contributed by atoms with E-state index in [1.54, 1.807) is 0 Å². The van der Waals surface area contributed by atoms with Crippen molar-refractivity contribution in [2.75, 3.05) is 35.2 Å². The Morgan fingerprint density at radius 2 is 1.08 bits per heavy atom. The van der Waals surface area contributed by atoms with E-state index in [0.29, 0.717) is 0 Å². The molecule has 0 saturated heterocycles. The maximum absolute atomic E-state index is 11.4. The van der Waals surface area contributed by atoms with Gasteiger partial charge in [-0.25, -0.2) is 0 Å². The van der Waals surface area contributed by atoms with Crippen LogP contribution in [0.5, 0.6) is 0 Å². The van der Waals surface area contributed by atoms with Gasteiger partial charge in [-0.3, -0.25) is 9.11 Å². The van der Waals surface area contributed by atoms with E-state index in [1.165, 1.54) is 24.3 Å². The molecule has 0 radical (unpaired) electrons. The zero-order valence-corrected chi connectivity index (χ0v) is 15.0. The minimum atomic E-state index is -4.47. The summed E-state index contributed by atoms with van der Waals surface area (Å²) in [5, 5.41) is 5.59. The Balaban J connectivity index is 2.10. The number of rotatable bonds is 7. The lowest BCUT2D eigenvalue weighted by molar-refractivity contribution is 0.481. The normalized spacial score (nSPS) is 11.9. The van der Waals surface area contributed by atoms with Crippen molar-refractivity contribution in [1.82, 2.24) is 0 Å². The van der Waals surface area contributed by atoms with Crippen LogP contribution in [0.4, 0.5) is 22.7 Å². The summed E-state index contributed by atoms with van der Waals surface area (Å²) in [6.07, 6.45) is 0. The quantitative estimate of drug-likeness (QED) is 0.220. The number of nitrogen functional groups attached to an aromatic ring is 2. The van der Waals surface area contributed by atoms with Crippen LogP contribution < -0.4 is 22.1 Å². The number of anilines is 4. The predicted octanol–water partition coefficient (Wildman–Crippen LogP) is 0.868. The molecule has 10 nitrogen and oxygen atoms in total. The number of nitrogens with two attached hydrogens (primary N) is 2. The summed E-state index contributed by atoms with van der Waals surface area (Å²) >= 11 is 0. The molecule has 2 aromatic carbocycles. The fourth-order valence-corrected chi connectivity index (χ4v) is 3.60. The molecule has 0 aliphatic heterocycles. The van der Waals surface area contributed by atoms with Crippen molar-refractivity contribution in [2.24, 2.45) is 0 Å². The molecule has 2 aromatic rings. The third-order valence-corrected chi connectivity index (χ3v) is 5.11. The molecular formula is C14H18N4O6S2. The van der Waals surface area contributed by atoms with Crippen LogP contribution in [0.15, 0.2) is 46.2 Å². The summed E-state index contributed by atoms with van der Waals surface area (Å²) in [4.78, 5) is -0.743. The number of nitrogens with one attached hydrogen (secondary N) is 2. The molecule has 0 aliphatic rings. The van der Waals surface area contributed by atoms with Gasteiger partial charge in [-0.05, 0) is 36.4 Å². The van der Waals surface area contributed by atoms with E-state index in [9.17, 15) is 25.9 Å². The van der Waals surface area contributed by atoms with Crippen LogP contribution >= 0.6 is 0 Å². The van der Waals surface area contributed by atoms with Crippen molar-refractivity contribution >= 4 is 43.0 Å². The van der Waals surface area contributed by atoms with Crippen LogP contribution in [0.25, 0.3) is 0 Å². The molecule has 0 fully saturated rings. The first-order valence-electron chi connectivity index (χ1n) is 7.20. The molecular weight excluding hydrogens is 384 g/mol. The van der Waals surface area contributed by atoms with E-state index >= 15 is 0 Å². The van der Waals surface area contributed by atoms with E-state index in [0.717, 1.165) is 12.1 Å². The van der Waals surface area contributed by atoms with Gasteiger partial charge in [0.05, 0.1) is 11.4 Å². The van der Waals surface area contributed by atoms with Crippen LogP contribution in [0, 0.1) is 0 Å². The van der Waals surface area contributed by atoms with Crippen LogP contribution in [-0.2, 0) is 20.2 Å². The Labute approximate surface area is 150 Å². The zero-order chi connectivity index (χ0) is 19.5. The van der Waals surface area contributed by atoms with E-state index in [1.807, 2.05) is 0 Å². The monoisotopic (exact) mass is 402 g/mol. The number of hydrogen-bond acceptors (Lipinski definition) is 8. The topological polar surface area (TPSA) is 185 Å². The van der Waals surface area contributed by atoms with Crippen molar-refractivity contribution < 1.29 is 25.9 Å². The van der Waals surface area contributed by atoms with Crippen LogP contribution in [0.1, 0.15) is 0 Å². The molecule has 2 rings (SSSR count). The summed E-state index contributed by atoms with van der Waals surface area (Å²) in [5.41, 5.74) is 11.6. The Hall–Kier alpha value is -2.54. The maximum atomic E-state index is 11.4. The number of hydrogen-bond donors (Lipinski definition) is 6. The Kier molecular flexibility index (Phi) is 5.61. The second kappa shape index (κ2) is 7.37. The standard InChI is InChI=1S/C14H18N4O6S2/c15-9-1-3-11(13(7-9)25(19,20)21)17-5-6-18-12-4-2-10(16)8-14(12)26(22,23)24/h1-4,7-8,17-18H,5-6,15-16H2,(H,19,20,21)(H,22,23,24). The van der Waals surface area contributed by atoms with E-state index in [4.69, 9.17) is 11.5 Å². The van der Waals surface area contributed by atoms with Gasteiger partial charge in [0.1, 0.15) is 9.79 Å². The summed E-state index contributed by atoms with van der Waals surface area (Å²) in [7, 11) is -8.93. The predicted molar refractivity (Wildman–Crippen MR) is 98.3 cm³/mol. The first-order valence-corrected chi connectivity index (χ1v) is 10.1. The van der Waals surface area contributed by atoms with Gasteiger partial charge in [-0.15, -0.1) is 0 Å². The lowest BCUT2D eigenvalue weighted by Crippen LogP contribution is -2.17. The van der Waals surface area contributed by atoms with E-state index in [-0.39, 0.29) is 45.6 Å². The highest BCUT2D eigenvalue weighted by Crippen LogP contribution is 2.25. The summed E-state index contributed by atoms with van der Waals surface area (Å²) in [5.74, 6) is 0. The highest BCUT2D eigenvalue weighted by atomic mass is 32.2. The van der Waals surface area contributed by atoms with Crippen molar-refractivity contribution in [2.45, 2.75) is 9.79 Å². The third kappa shape index (κ3) is 4.98. The van der Waals surface area contributed by atoms with Gasteiger partial charge in [0.2, 0.25) is 0 Å². The van der Waals surface area contributed by atoms with Gasteiger partial charge in [-0.1, -0.05) is 0 Å². The zero-order valence-electron chi connectivity index (χ0n) is 13.4. The smallest absolute Gasteiger partial charge is 0.296 e. The molecule has 12 heteroatoms. The molecule has 0 atom stereocenters. The van der Waals surface area contributed by atoms with Crippen LogP contribution in [-0.4, -0.2) is 39.0 Å². The number of benzene rings is 2. The molecule has 142 valence electrons. The third-order valence-electron chi connectivity index (χ3n) is 3.32. The van der Waals surface area contributed by atoms with Gasteiger partial charge < -0.3 is 22.1 Å². The summed E-state index contributed by atoms with van der Waals surface area (Å²) < 4.78 is 64.0. The van der Waals surface area contributed by atoms with Gasteiger partial charge in [-0.2, -0.15) is 16.8 Å². The Bertz CT molecular complexity index is 938. The first kappa shape index (κ1) is 19.8. The van der Waals surface area contributed by atoms with E-state index < -0.39 is 20.2 Å². The largest absolute Gasteiger partial charge is 0.399 e. The maximum Gasteiger partial charge on any atom is 0.296 e. The molecule has 0 bridgehead atoms. The van der Waals surface area contributed by atoms with Gasteiger partial charge >= 0.3 is 0 Å². The van der Waals surface area contributed by atoms with Crippen molar-refractivity contribution in [3.05, 3.63) is 36.4 Å². The average molecular weight is 402 g/mol. The summed E-state index contributed by atoms with van der Waals surface area (Å²) in [6.45, 7) is 0.337. The van der Waals surface area contributed by atoms with Crippen molar-refractivity contribution in [1.29, 1.82) is 0 Å². The minimum absolute atomic E-state index is 0.135. The highest BCUT2D eigenvalue weighted by Gasteiger charge is 2.17. The van der Waals surface area contributed by atoms with Gasteiger partial charge in [0, 0.05) is 24.5 Å². The molecule has 0 saturated carbocycles. The molecule has 0 unspecified atom stereocenters. The van der Waals surface area contributed by atoms with Crippen LogP contribution in [0.3, 0.4) is 0 Å². The van der Waals surface area contributed by atoms with Crippen LogP contribution in [0.2, 0.25) is 0 Å². The second-order valence-corrected chi connectivity index (χ2v) is 8.09. The lowest BCUT2D eigenvalue weighted by atomic mass is 10.2. The SMILES string of the molecule is Nc1ccc(NCCNc2ccc(N)cc2S(=O)(=O)O)c(S(=O)(=O)O)c1. The first-order chi connectivity index (χ1) is 12.0. The molecule has 0 aliphatic carbocycles.